The van der Waals surface area contributed by atoms with E-state index in [4.69, 9.17) is 0 Å². The van der Waals surface area contributed by atoms with E-state index in [1.807, 2.05) is 0 Å². The van der Waals surface area contributed by atoms with Crippen LogP contribution < -0.4 is 0 Å². The Morgan fingerprint density at radius 1 is 1.00 bits per heavy atom. The van der Waals surface area contributed by atoms with Gasteiger partial charge in [0.25, 0.3) is 0 Å². The zero-order valence-corrected chi connectivity index (χ0v) is 12.5. The van der Waals surface area contributed by atoms with Gasteiger partial charge in [0.15, 0.2) is 0 Å². The zero-order valence-electron chi connectivity index (χ0n) is 12.5. The van der Waals surface area contributed by atoms with Crippen molar-refractivity contribution >= 4 is 0 Å². The fourth-order valence-electron chi connectivity index (χ4n) is 3.19. The molecule has 0 aromatic heterocycles. The highest BCUT2D eigenvalue weighted by Crippen LogP contribution is 2.46. The summed E-state index contributed by atoms with van der Waals surface area (Å²) >= 11 is 0. The number of allylic oxidation sites excluding steroid dienone is 2. The number of benzene rings is 1. The lowest BCUT2D eigenvalue weighted by Gasteiger charge is -2.40. The van der Waals surface area contributed by atoms with Crippen molar-refractivity contribution in [1.82, 2.24) is 0 Å². The van der Waals surface area contributed by atoms with Crippen LogP contribution in [0.2, 0.25) is 0 Å². The molecular formula is C18H26. The Morgan fingerprint density at radius 3 is 2.17 bits per heavy atom. The molecule has 98 valence electrons. The van der Waals surface area contributed by atoms with Crippen molar-refractivity contribution in [3.63, 3.8) is 0 Å². The summed E-state index contributed by atoms with van der Waals surface area (Å²) in [6.07, 6.45) is 4.90. The van der Waals surface area contributed by atoms with Crippen LogP contribution in [0.3, 0.4) is 0 Å². The maximum Gasteiger partial charge on any atom is -0.00885 e. The maximum atomic E-state index is 2.45. The monoisotopic (exact) mass is 242 g/mol. The van der Waals surface area contributed by atoms with Gasteiger partial charge >= 0.3 is 0 Å². The van der Waals surface area contributed by atoms with Crippen molar-refractivity contribution in [3.05, 3.63) is 47.0 Å². The minimum atomic E-state index is 0.382. The molecule has 0 N–H and O–H groups in total. The van der Waals surface area contributed by atoms with Gasteiger partial charge in [-0.2, -0.15) is 0 Å². The second-order valence-corrected chi connectivity index (χ2v) is 6.98. The fourth-order valence-corrected chi connectivity index (χ4v) is 3.19. The highest BCUT2D eigenvalue weighted by molar-refractivity contribution is 5.28. The Morgan fingerprint density at radius 2 is 1.61 bits per heavy atom. The van der Waals surface area contributed by atoms with E-state index in [9.17, 15) is 0 Å². The van der Waals surface area contributed by atoms with Gasteiger partial charge in [0.2, 0.25) is 0 Å². The lowest BCUT2D eigenvalue weighted by Crippen LogP contribution is -2.29. The summed E-state index contributed by atoms with van der Waals surface area (Å²) in [6, 6.07) is 9.17. The highest BCUT2D eigenvalue weighted by atomic mass is 14.4. The van der Waals surface area contributed by atoms with Crippen LogP contribution in [0.4, 0.5) is 0 Å². The molecule has 0 spiro atoms. The first kappa shape index (κ1) is 13.4. The van der Waals surface area contributed by atoms with Crippen LogP contribution in [0, 0.1) is 18.3 Å². The second kappa shape index (κ2) is 4.91. The molecule has 0 saturated carbocycles. The van der Waals surface area contributed by atoms with Crippen molar-refractivity contribution in [3.8, 4) is 0 Å². The third-order valence-corrected chi connectivity index (χ3v) is 4.37. The van der Waals surface area contributed by atoms with Crippen LogP contribution >= 0.6 is 0 Å². The summed E-state index contributed by atoms with van der Waals surface area (Å²) < 4.78 is 0. The molecule has 1 aromatic carbocycles. The first-order valence-electron chi connectivity index (χ1n) is 7.10. The Kier molecular flexibility index (Phi) is 3.66. The van der Waals surface area contributed by atoms with E-state index in [1.165, 1.54) is 24.0 Å². The van der Waals surface area contributed by atoms with E-state index >= 15 is 0 Å². The second-order valence-electron chi connectivity index (χ2n) is 6.98. The van der Waals surface area contributed by atoms with Crippen molar-refractivity contribution in [2.75, 3.05) is 0 Å². The van der Waals surface area contributed by atoms with Gasteiger partial charge in [0.1, 0.15) is 0 Å². The fraction of sp³-hybridized carbons (Fsp3) is 0.556. The van der Waals surface area contributed by atoms with Crippen LogP contribution in [-0.4, -0.2) is 0 Å². The first-order chi connectivity index (χ1) is 8.38. The molecule has 2 unspecified atom stereocenters. The van der Waals surface area contributed by atoms with Gasteiger partial charge in [-0.3, -0.25) is 0 Å². The summed E-state index contributed by atoms with van der Waals surface area (Å²) in [5, 5.41) is 0. The van der Waals surface area contributed by atoms with E-state index in [0.717, 1.165) is 5.92 Å². The summed E-state index contributed by atoms with van der Waals surface area (Å²) in [5.74, 6) is 1.44. The van der Waals surface area contributed by atoms with Gasteiger partial charge in [-0.05, 0) is 49.5 Å². The Balaban J connectivity index is 2.33. The zero-order chi connectivity index (χ0) is 13.3. The molecule has 1 aromatic rings. The predicted octanol–water partition coefficient (Wildman–Crippen LogP) is 5.48. The van der Waals surface area contributed by atoms with Gasteiger partial charge in [-0.15, -0.1) is 0 Å². The van der Waals surface area contributed by atoms with Crippen LogP contribution in [0.1, 0.15) is 57.6 Å². The average molecular weight is 242 g/mol. The lowest BCUT2D eigenvalue weighted by atomic mass is 9.65. The third kappa shape index (κ3) is 2.85. The van der Waals surface area contributed by atoms with E-state index in [2.05, 4.69) is 65.0 Å². The molecule has 0 radical (unpaired) electrons. The first-order valence-corrected chi connectivity index (χ1v) is 7.10. The largest absolute Gasteiger partial charge is 0.0853 e. The summed E-state index contributed by atoms with van der Waals surface area (Å²) in [4.78, 5) is 0. The molecule has 0 saturated heterocycles. The van der Waals surface area contributed by atoms with Crippen molar-refractivity contribution in [2.45, 2.75) is 53.4 Å². The van der Waals surface area contributed by atoms with Crippen LogP contribution in [-0.2, 0) is 0 Å². The van der Waals surface area contributed by atoms with Gasteiger partial charge in [-0.25, -0.2) is 0 Å². The van der Waals surface area contributed by atoms with E-state index in [-0.39, 0.29) is 0 Å². The topological polar surface area (TPSA) is 0 Å². The Bertz CT molecular complexity index is 428. The van der Waals surface area contributed by atoms with Gasteiger partial charge in [0, 0.05) is 0 Å². The molecule has 0 aliphatic heterocycles. The number of rotatable bonds is 1. The lowest BCUT2D eigenvalue weighted by molar-refractivity contribution is 0.192. The summed E-state index contributed by atoms with van der Waals surface area (Å²) in [6.45, 7) is 11.6. The predicted molar refractivity (Wildman–Crippen MR) is 79.9 cm³/mol. The molecule has 0 nitrogen and oxygen atoms in total. The van der Waals surface area contributed by atoms with Crippen LogP contribution in [0.15, 0.2) is 35.9 Å². The quantitative estimate of drug-likeness (QED) is 0.572. The highest BCUT2D eigenvalue weighted by Gasteiger charge is 2.34. The normalized spacial score (nSPS) is 24.8. The Hall–Kier alpha value is -1.04. The van der Waals surface area contributed by atoms with Crippen molar-refractivity contribution in [1.29, 1.82) is 0 Å². The van der Waals surface area contributed by atoms with E-state index < -0.39 is 0 Å². The number of hydrogen-bond donors (Lipinski definition) is 0. The van der Waals surface area contributed by atoms with Crippen LogP contribution in [0.25, 0.3) is 0 Å². The molecule has 0 heteroatoms. The van der Waals surface area contributed by atoms with Gasteiger partial charge in [-0.1, -0.05) is 62.2 Å². The van der Waals surface area contributed by atoms with Gasteiger partial charge in [0.05, 0.1) is 0 Å². The molecule has 18 heavy (non-hydrogen) atoms. The minimum Gasteiger partial charge on any atom is -0.0853 e. The smallest absolute Gasteiger partial charge is 0.00885 e. The molecule has 2 atom stereocenters. The molecule has 0 bridgehead atoms. The molecule has 1 aliphatic carbocycles. The van der Waals surface area contributed by atoms with Crippen LogP contribution in [0.5, 0.6) is 0 Å². The molecular weight excluding hydrogens is 216 g/mol. The minimum absolute atomic E-state index is 0.382. The molecule has 1 aliphatic rings. The molecule has 0 fully saturated rings. The number of hydrogen-bond acceptors (Lipinski definition) is 0. The standard InChI is InChI=1S/C18H26/c1-13-6-9-15(10-7-13)16-12-14(2)8-11-17(16)18(3,4)5/h6-10,16-17H,11-12H2,1-5H3. The Labute approximate surface area is 112 Å². The van der Waals surface area contributed by atoms with Crippen molar-refractivity contribution < 1.29 is 0 Å². The number of aryl methyl sites for hydroxylation is 1. The maximum absolute atomic E-state index is 2.45. The third-order valence-electron chi connectivity index (χ3n) is 4.37. The van der Waals surface area contributed by atoms with Crippen molar-refractivity contribution in [2.24, 2.45) is 11.3 Å². The van der Waals surface area contributed by atoms with Gasteiger partial charge < -0.3 is 0 Å². The SMILES string of the molecule is CC1=CCC(C(C)(C)C)C(c2ccc(C)cc2)C1. The van der Waals surface area contributed by atoms with E-state index in [1.54, 1.807) is 5.57 Å². The molecule has 2 rings (SSSR count). The molecule has 0 amide bonds. The summed E-state index contributed by atoms with van der Waals surface area (Å²) in [7, 11) is 0. The average Bonchev–Trinajstić information content (AvgIpc) is 2.28. The summed E-state index contributed by atoms with van der Waals surface area (Å²) in [5.41, 5.74) is 4.82. The van der Waals surface area contributed by atoms with E-state index in [0.29, 0.717) is 11.3 Å². The molecule has 0 heterocycles.